The van der Waals surface area contributed by atoms with Crippen LogP contribution in [0.1, 0.15) is 63.5 Å². The topological polar surface area (TPSA) is 6.48 Å². The molecule has 0 aliphatic carbocycles. The van der Waals surface area contributed by atoms with Crippen LogP contribution in [0.4, 0.5) is 34.1 Å². The Kier molecular flexibility index (Phi) is 19.1. The molecule has 10 aromatic rings. The van der Waals surface area contributed by atoms with E-state index in [1.54, 1.807) is 3.59 Å². The van der Waals surface area contributed by atoms with E-state index >= 15 is 0 Å². The summed E-state index contributed by atoms with van der Waals surface area (Å²) >= 11 is -2.80. The van der Waals surface area contributed by atoms with Crippen LogP contribution in [0.3, 0.4) is 0 Å². The van der Waals surface area contributed by atoms with Gasteiger partial charge in [0.15, 0.2) is 0 Å². The summed E-state index contributed by atoms with van der Waals surface area (Å²) in [5.74, 6) is 8.98. The molecule has 1 aliphatic heterocycles. The van der Waals surface area contributed by atoms with Gasteiger partial charge in [-0.3, -0.25) is 0 Å². The van der Waals surface area contributed by atoms with Gasteiger partial charge in [0.05, 0.1) is 12.1 Å². The molecule has 0 N–H and O–H groups in total. The number of anilines is 6. The van der Waals surface area contributed by atoms with Gasteiger partial charge in [0.2, 0.25) is 0 Å². The van der Waals surface area contributed by atoms with E-state index in [9.17, 15) is 0 Å². The van der Waals surface area contributed by atoms with Crippen molar-refractivity contribution in [3.63, 3.8) is 0 Å². The van der Waals surface area contributed by atoms with Crippen LogP contribution in [0.2, 0.25) is 8.87 Å². The van der Waals surface area contributed by atoms with E-state index in [-0.39, 0.29) is 0 Å². The van der Waals surface area contributed by atoms with Crippen molar-refractivity contribution in [2.24, 2.45) is 0 Å². The second kappa shape index (κ2) is 27.9. The molecule has 2 nitrogen and oxygen atoms in total. The molecule has 0 bridgehead atoms. The molecule has 0 fully saturated rings. The summed E-state index contributed by atoms with van der Waals surface area (Å²) in [5.41, 5.74) is 18.9. The third-order valence-corrected chi connectivity index (χ3v) is 29.3. The molecule has 1 heterocycles. The van der Waals surface area contributed by atoms with Crippen LogP contribution in [0.15, 0.2) is 283 Å². The standard InChI is InChI=1S/C35H27N.C35H25N.2C4H9.Sn/c2*1-2-3-6-17-32-18-11-12-19-35(32)36(33-24-20-30(21-25-33)28-13-7-4-8-14-28)34-26-22-31(23-27-34)29-15-9-5-10-16-29;2*1-3-4-2;/h1-2,4-16,18-27H,3H2;1,4-5,7-16,18-27H,3H2;2*1,3-4H2,2H3;. The molecule has 0 aromatic heterocycles. The molecular formula is C78H70N2Sn. The molecule has 0 atom stereocenters. The Morgan fingerprint density at radius 3 is 1.14 bits per heavy atom. The molecule has 10 aromatic carbocycles. The average molecular weight is 1150 g/mol. The number of benzene rings is 10. The zero-order valence-electron chi connectivity index (χ0n) is 46.8. The first-order valence-corrected chi connectivity index (χ1v) is 35.9. The summed E-state index contributed by atoms with van der Waals surface area (Å²) in [4.78, 5) is 4.75. The summed E-state index contributed by atoms with van der Waals surface area (Å²) in [6.45, 7) is 4.70. The van der Waals surface area contributed by atoms with Crippen molar-refractivity contribution < 1.29 is 0 Å². The van der Waals surface area contributed by atoms with E-state index < -0.39 is 18.4 Å². The number of hydrogen-bond acceptors (Lipinski definition) is 2. The molecule has 0 saturated carbocycles. The molecule has 0 spiro atoms. The van der Waals surface area contributed by atoms with Gasteiger partial charge >= 0.3 is 276 Å². The van der Waals surface area contributed by atoms with Crippen molar-refractivity contribution in [1.82, 2.24) is 0 Å². The summed E-state index contributed by atoms with van der Waals surface area (Å²) in [7, 11) is 0. The molecule has 0 saturated heterocycles. The van der Waals surface area contributed by atoms with Gasteiger partial charge in [-0.15, -0.1) is 6.42 Å². The summed E-state index contributed by atoms with van der Waals surface area (Å²) in [5, 5.41) is 0. The Hall–Kier alpha value is -8.80. The van der Waals surface area contributed by atoms with Crippen molar-refractivity contribution in [3.8, 4) is 68.7 Å². The van der Waals surface area contributed by atoms with E-state index in [0.717, 1.165) is 29.0 Å². The van der Waals surface area contributed by atoms with Gasteiger partial charge in [-0.25, -0.2) is 0 Å². The Morgan fingerprint density at radius 1 is 0.395 bits per heavy atom. The van der Waals surface area contributed by atoms with Crippen LogP contribution in [0.5, 0.6) is 0 Å². The predicted molar refractivity (Wildman–Crippen MR) is 351 cm³/mol. The van der Waals surface area contributed by atoms with Crippen molar-refractivity contribution >= 4 is 56.1 Å². The fourth-order valence-electron chi connectivity index (χ4n) is 11.1. The van der Waals surface area contributed by atoms with E-state index in [4.69, 9.17) is 6.42 Å². The molecule has 0 amide bonds. The number of rotatable bonds is 17. The van der Waals surface area contributed by atoms with Crippen LogP contribution in [-0.2, 0) is 0 Å². The maximum atomic E-state index is 5.43. The van der Waals surface area contributed by atoms with Crippen LogP contribution in [0.25, 0.3) is 48.1 Å². The first kappa shape index (κ1) is 55.5. The number of allylic oxidation sites excluding steroid dienone is 2. The van der Waals surface area contributed by atoms with Crippen molar-refractivity contribution in [3.05, 3.63) is 294 Å². The number of para-hydroxylation sites is 2. The van der Waals surface area contributed by atoms with Crippen molar-refractivity contribution in [1.29, 1.82) is 0 Å². The molecule has 0 radical (unpaired) electrons. The minimum atomic E-state index is -2.80. The zero-order chi connectivity index (χ0) is 55.5. The van der Waals surface area contributed by atoms with Gasteiger partial charge in [0.25, 0.3) is 0 Å². The van der Waals surface area contributed by atoms with Crippen molar-refractivity contribution in [2.45, 2.75) is 61.2 Å². The second-order valence-electron chi connectivity index (χ2n) is 20.7. The van der Waals surface area contributed by atoms with Gasteiger partial charge in [-0.1, -0.05) is 115 Å². The predicted octanol–water partition coefficient (Wildman–Crippen LogP) is 21.8. The second-order valence-corrected chi connectivity index (χ2v) is 32.6. The average Bonchev–Trinajstić information content (AvgIpc) is 3.55. The van der Waals surface area contributed by atoms with Crippen LogP contribution in [0, 0.1) is 24.2 Å². The third-order valence-electron chi connectivity index (χ3n) is 15.3. The Labute approximate surface area is 486 Å². The summed E-state index contributed by atoms with van der Waals surface area (Å²) in [6.07, 6.45) is 17.2. The summed E-state index contributed by atoms with van der Waals surface area (Å²) < 4.78 is 7.27. The van der Waals surface area contributed by atoms with Gasteiger partial charge < -0.3 is 4.90 Å². The monoisotopic (exact) mass is 1150 g/mol. The number of terminal acetylenes is 1. The molecular weight excluding hydrogens is 1080 g/mol. The number of unbranched alkanes of at least 4 members (excludes halogenated alkanes) is 2. The van der Waals surface area contributed by atoms with Gasteiger partial charge in [0, 0.05) is 16.9 Å². The molecule has 3 heteroatoms. The SMILES string of the molecule is C#CCC#Cc1ccccc1N(c1ccc(-c2ccccc2)cc1)c1ccc(-c2ccccc2)cc1.CCC[CH2][Sn]1([CH2]CCC)[CH]=CCC=[C]1c1ccccc1N(c1ccc(-c2ccccc2)cc1)c1ccc(-c2ccccc2)cc1. The number of nitrogens with zero attached hydrogens (tertiary/aromatic N) is 2. The Balaban J connectivity index is 0.000000186. The first-order chi connectivity index (χ1) is 40.1. The van der Waals surface area contributed by atoms with E-state index in [0.29, 0.717) is 6.42 Å². The molecule has 1 aliphatic rings. The van der Waals surface area contributed by atoms with Crippen LogP contribution in [-0.4, -0.2) is 18.4 Å². The van der Waals surface area contributed by atoms with Crippen LogP contribution >= 0.6 is 0 Å². The van der Waals surface area contributed by atoms with Gasteiger partial charge in [0.1, 0.15) is 0 Å². The van der Waals surface area contributed by atoms with Gasteiger partial charge in [-0.05, 0) is 58.7 Å². The third kappa shape index (κ3) is 13.6. The van der Waals surface area contributed by atoms with E-state index in [1.807, 2.05) is 30.3 Å². The Morgan fingerprint density at radius 2 is 0.741 bits per heavy atom. The normalized spacial score (nSPS) is 12.1. The van der Waals surface area contributed by atoms with Gasteiger partial charge in [-0.2, -0.15) is 0 Å². The quantitative estimate of drug-likeness (QED) is 0.0662. The van der Waals surface area contributed by atoms with Crippen molar-refractivity contribution in [2.75, 3.05) is 9.80 Å². The number of hydrogen-bond donors (Lipinski definition) is 0. The molecule has 0 unspecified atom stereocenters. The maximum absolute atomic E-state index is 5.43. The summed E-state index contributed by atoms with van der Waals surface area (Å²) in [6, 6.07) is 95.3. The fraction of sp³-hybridized carbons (Fsp3) is 0.128. The Bertz CT molecular complexity index is 3580. The van der Waals surface area contributed by atoms with E-state index in [1.165, 1.54) is 102 Å². The molecule has 11 rings (SSSR count). The zero-order valence-corrected chi connectivity index (χ0v) is 49.6. The van der Waals surface area contributed by atoms with Crippen LogP contribution < -0.4 is 9.80 Å². The van der Waals surface area contributed by atoms with E-state index in [2.05, 4.69) is 294 Å². The first-order valence-electron chi connectivity index (χ1n) is 28.8. The fourth-order valence-corrected chi connectivity index (χ4v) is 25.8. The molecule has 81 heavy (non-hydrogen) atoms. The molecule has 396 valence electrons. The minimum absolute atomic E-state index is 0.422.